The van der Waals surface area contributed by atoms with Gasteiger partial charge in [0.05, 0.1) is 5.02 Å². The van der Waals surface area contributed by atoms with Crippen molar-refractivity contribution in [2.45, 2.75) is 6.10 Å². The van der Waals surface area contributed by atoms with Crippen LogP contribution in [0.5, 0.6) is 0 Å². The third-order valence-electron chi connectivity index (χ3n) is 2.59. The quantitative estimate of drug-likeness (QED) is 0.810. The molecule has 1 N–H and O–H groups in total. The Hall–Kier alpha value is -1.23. The van der Waals surface area contributed by atoms with E-state index < -0.39 is 23.6 Å². The minimum Gasteiger partial charge on any atom is -0.384 e. The Balaban J connectivity index is 2.46. The van der Waals surface area contributed by atoms with Crippen LogP contribution < -0.4 is 0 Å². The fourth-order valence-corrected chi connectivity index (χ4v) is 1.98. The summed E-state index contributed by atoms with van der Waals surface area (Å²) in [5.74, 6) is -2.99. The fraction of sp³-hybridized carbons (Fsp3) is 0.0769. The van der Waals surface area contributed by atoms with Gasteiger partial charge in [0.2, 0.25) is 0 Å². The molecule has 1 unspecified atom stereocenters. The highest BCUT2D eigenvalue weighted by atomic mass is 35.5. The molecule has 2 rings (SSSR count). The number of hydrogen-bond donors (Lipinski definition) is 1. The Morgan fingerprint density at radius 3 is 2.11 bits per heavy atom. The van der Waals surface area contributed by atoms with E-state index in [4.69, 9.17) is 23.2 Å². The lowest BCUT2D eigenvalue weighted by molar-refractivity contribution is 0.219. The van der Waals surface area contributed by atoms with Crippen LogP contribution in [0.15, 0.2) is 30.3 Å². The topological polar surface area (TPSA) is 20.2 Å². The maximum Gasteiger partial charge on any atom is 0.160 e. The standard InChI is InChI=1S/C13H7Cl2F3O/c14-8-2-1-6(3-10(8)16)13(19)7-4-11(17)12(18)5-9(7)15/h1-5,13,19H. The van der Waals surface area contributed by atoms with Gasteiger partial charge in [0, 0.05) is 10.6 Å². The second-order valence-corrected chi connectivity index (χ2v) is 4.68. The fourth-order valence-electron chi connectivity index (χ4n) is 1.61. The van der Waals surface area contributed by atoms with Crippen LogP contribution in [0.2, 0.25) is 10.0 Å². The van der Waals surface area contributed by atoms with E-state index in [0.717, 1.165) is 18.2 Å². The van der Waals surface area contributed by atoms with Gasteiger partial charge < -0.3 is 5.11 Å². The molecule has 2 aromatic carbocycles. The molecule has 0 aliphatic rings. The Bertz CT molecular complexity index is 632. The van der Waals surface area contributed by atoms with Gasteiger partial charge in [-0.3, -0.25) is 0 Å². The van der Waals surface area contributed by atoms with Crippen LogP contribution in [0.1, 0.15) is 17.2 Å². The first-order chi connectivity index (χ1) is 8.90. The zero-order chi connectivity index (χ0) is 14.2. The summed E-state index contributed by atoms with van der Waals surface area (Å²) in [5.41, 5.74) is 0.0806. The van der Waals surface area contributed by atoms with Crippen molar-refractivity contribution in [1.29, 1.82) is 0 Å². The molecule has 0 radical (unpaired) electrons. The van der Waals surface area contributed by atoms with E-state index in [2.05, 4.69) is 0 Å². The zero-order valence-electron chi connectivity index (χ0n) is 9.30. The third kappa shape index (κ3) is 2.86. The maximum absolute atomic E-state index is 13.3. The number of halogens is 5. The van der Waals surface area contributed by atoms with Gasteiger partial charge in [-0.15, -0.1) is 0 Å². The number of aliphatic hydroxyl groups excluding tert-OH is 1. The zero-order valence-corrected chi connectivity index (χ0v) is 10.8. The largest absolute Gasteiger partial charge is 0.384 e. The SMILES string of the molecule is OC(c1ccc(Cl)c(F)c1)c1cc(F)c(F)cc1Cl. The van der Waals surface area contributed by atoms with Crippen molar-refractivity contribution < 1.29 is 18.3 Å². The molecule has 1 atom stereocenters. The van der Waals surface area contributed by atoms with Crippen molar-refractivity contribution in [3.8, 4) is 0 Å². The Labute approximate surface area is 117 Å². The molecule has 0 saturated heterocycles. The summed E-state index contributed by atoms with van der Waals surface area (Å²) < 4.78 is 39.4. The molecule has 0 aliphatic carbocycles. The molecule has 100 valence electrons. The van der Waals surface area contributed by atoms with Crippen LogP contribution in [0.25, 0.3) is 0 Å². The predicted molar refractivity (Wildman–Crippen MR) is 66.8 cm³/mol. The summed E-state index contributed by atoms with van der Waals surface area (Å²) in [5, 5.41) is 9.76. The minimum absolute atomic E-state index is 0.0534. The average Bonchev–Trinajstić information content (AvgIpc) is 2.36. The third-order valence-corrected chi connectivity index (χ3v) is 3.23. The molecule has 19 heavy (non-hydrogen) atoms. The lowest BCUT2D eigenvalue weighted by Crippen LogP contribution is -2.03. The van der Waals surface area contributed by atoms with Crippen LogP contribution >= 0.6 is 23.2 Å². The smallest absolute Gasteiger partial charge is 0.160 e. The highest BCUT2D eigenvalue weighted by Crippen LogP contribution is 2.31. The summed E-state index contributed by atoms with van der Waals surface area (Å²) in [6.45, 7) is 0. The molecule has 0 heterocycles. The van der Waals surface area contributed by atoms with E-state index in [-0.39, 0.29) is 21.2 Å². The first-order valence-corrected chi connectivity index (χ1v) is 5.93. The second-order valence-electron chi connectivity index (χ2n) is 3.86. The monoisotopic (exact) mass is 306 g/mol. The highest BCUT2D eigenvalue weighted by molar-refractivity contribution is 6.31. The van der Waals surface area contributed by atoms with Crippen molar-refractivity contribution in [2.24, 2.45) is 0 Å². The predicted octanol–water partition coefficient (Wildman–Crippen LogP) is 4.49. The minimum atomic E-state index is -1.38. The van der Waals surface area contributed by atoms with Crippen molar-refractivity contribution in [3.05, 3.63) is 69.0 Å². The highest BCUT2D eigenvalue weighted by Gasteiger charge is 2.18. The lowest BCUT2D eigenvalue weighted by Gasteiger charge is -2.14. The van der Waals surface area contributed by atoms with Crippen LogP contribution in [0.4, 0.5) is 13.2 Å². The van der Waals surface area contributed by atoms with Crippen LogP contribution in [0.3, 0.4) is 0 Å². The van der Waals surface area contributed by atoms with Crippen LogP contribution in [-0.2, 0) is 0 Å². The molecule has 6 heteroatoms. The molecule has 0 spiro atoms. The number of benzene rings is 2. The molecule has 0 bridgehead atoms. The number of aliphatic hydroxyl groups is 1. The van der Waals surface area contributed by atoms with Crippen molar-refractivity contribution >= 4 is 23.2 Å². The Morgan fingerprint density at radius 1 is 0.842 bits per heavy atom. The molecule has 0 aromatic heterocycles. The summed E-state index contributed by atoms with van der Waals surface area (Å²) in [6, 6.07) is 5.15. The van der Waals surface area contributed by atoms with Crippen LogP contribution in [-0.4, -0.2) is 5.11 Å². The first-order valence-electron chi connectivity index (χ1n) is 5.17. The number of hydrogen-bond acceptors (Lipinski definition) is 1. The van der Waals surface area contributed by atoms with Gasteiger partial charge in [-0.2, -0.15) is 0 Å². The van der Waals surface area contributed by atoms with Crippen molar-refractivity contribution in [2.75, 3.05) is 0 Å². The molecule has 0 fully saturated rings. The van der Waals surface area contributed by atoms with E-state index >= 15 is 0 Å². The average molecular weight is 307 g/mol. The summed E-state index contributed by atoms with van der Waals surface area (Å²) >= 11 is 11.2. The normalized spacial score (nSPS) is 12.5. The van der Waals surface area contributed by atoms with Gasteiger partial charge in [0.1, 0.15) is 11.9 Å². The molecule has 1 nitrogen and oxygen atoms in total. The first kappa shape index (κ1) is 14.2. The van der Waals surface area contributed by atoms with E-state index in [1.807, 2.05) is 0 Å². The van der Waals surface area contributed by atoms with Gasteiger partial charge in [0.15, 0.2) is 11.6 Å². The molecular weight excluding hydrogens is 300 g/mol. The van der Waals surface area contributed by atoms with Gasteiger partial charge in [0.25, 0.3) is 0 Å². The summed E-state index contributed by atoms with van der Waals surface area (Å²) in [6.07, 6.45) is -1.38. The molecule has 0 saturated carbocycles. The van der Waals surface area contributed by atoms with Gasteiger partial charge in [-0.1, -0.05) is 29.3 Å². The molecule has 0 amide bonds. The van der Waals surface area contributed by atoms with E-state index in [9.17, 15) is 18.3 Å². The van der Waals surface area contributed by atoms with Gasteiger partial charge >= 0.3 is 0 Å². The van der Waals surface area contributed by atoms with Crippen molar-refractivity contribution in [1.82, 2.24) is 0 Å². The number of rotatable bonds is 2. The maximum atomic E-state index is 13.3. The lowest BCUT2D eigenvalue weighted by atomic mass is 10.0. The van der Waals surface area contributed by atoms with E-state index in [1.54, 1.807) is 0 Å². The Kier molecular flexibility index (Phi) is 4.04. The summed E-state index contributed by atoms with van der Waals surface area (Å²) in [7, 11) is 0. The van der Waals surface area contributed by atoms with E-state index in [0.29, 0.717) is 0 Å². The van der Waals surface area contributed by atoms with Crippen molar-refractivity contribution in [3.63, 3.8) is 0 Å². The van der Waals surface area contributed by atoms with E-state index in [1.165, 1.54) is 12.1 Å². The van der Waals surface area contributed by atoms with Gasteiger partial charge in [-0.05, 0) is 29.8 Å². The Morgan fingerprint density at radius 2 is 1.47 bits per heavy atom. The summed E-state index contributed by atoms with van der Waals surface area (Å²) in [4.78, 5) is 0. The molecular formula is C13H7Cl2F3O. The molecule has 0 aliphatic heterocycles. The second kappa shape index (κ2) is 5.41. The molecule has 2 aromatic rings. The van der Waals surface area contributed by atoms with Crippen LogP contribution in [0, 0.1) is 17.5 Å². The van der Waals surface area contributed by atoms with Gasteiger partial charge in [-0.25, -0.2) is 13.2 Å².